The Morgan fingerprint density at radius 3 is 2.73 bits per heavy atom. The molecular weight excluding hydrogens is 352 g/mol. The zero-order valence-electron chi connectivity index (χ0n) is 14.2. The Bertz CT molecular complexity index is 1020. The van der Waals surface area contributed by atoms with E-state index in [9.17, 15) is 14.4 Å². The Morgan fingerprint density at radius 1 is 1.23 bits per heavy atom. The molecule has 0 bridgehead atoms. The van der Waals surface area contributed by atoms with E-state index in [1.54, 1.807) is 26.0 Å². The molecule has 0 aliphatic carbocycles. The molecular formula is C18H16N4O3S. The highest BCUT2D eigenvalue weighted by molar-refractivity contribution is 7.15. The SMILES string of the molecule is CC(C)N1C(=O)c2ccc(C(=O)NCc3cn4ccsc4n3)cc2C1=O. The Labute approximate surface area is 153 Å². The van der Waals surface area contributed by atoms with Gasteiger partial charge >= 0.3 is 0 Å². The molecule has 0 atom stereocenters. The number of thiazole rings is 1. The molecule has 3 heterocycles. The van der Waals surface area contributed by atoms with Gasteiger partial charge in [0, 0.05) is 29.4 Å². The summed E-state index contributed by atoms with van der Waals surface area (Å²) in [5, 5.41) is 4.74. The van der Waals surface area contributed by atoms with Gasteiger partial charge in [0.2, 0.25) is 0 Å². The molecule has 0 saturated heterocycles. The zero-order chi connectivity index (χ0) is 18.4. The van der Waals surface area contributed by atoms with Crippen LogP contribution < -0.4 is 5.32 Å². The second kappa shape index (κ2) is 6.06. The van der Waals surface area contributed by atoms with Crippen LogP contribution in [0.5, 0.6) is 0 Å². The van der Waals surface area contributed by atoms with Gasteiger partial charge in [0.1, 0.15) is 0 Å². The molecule has 0 saturated carbocycles. The molecule has 1 N–H and O–H groups in total. The van der Waals surface area contributed by atoms with Crippen LogP contribution >= 0.6 is 11.3 Å². The molecule has 0 spiro atoms. The van der Waals surface area contributed by atoms with Gasteiger partial charge in [-0.2, -0.15) is 0 Å². The number of hydrogen-bond donors (Lipinski definition) is 1. The molecule has 1 aliphatic heterocycles. The minimum atomic E-state index is -0.357. The summed E-state index contributed by atoms with van der Waals surface area (Å²) in [6.45, 7) is 3.85. The Morgan fingerprint density at radius 2 is 2.00 bits per heavy atom. The highest BCUT2D eigenvalue weighted by atomic mass is 32.1. The van der Waals surface area contributed by atoms with E-state index in [-0.39, 0.29) is 35.9 Å². The first-order chi connectivity index (χ1) is 12.5. The Balaban J connectivity index is 1.52. The number of imidazole rings is 1. The van der Waals surface area contributed by atoms with Crippen molar-refractivity contribution >= 4 is 34.0 Å². The molecule has 7 nitrogen and oxygen atoms in total. The molecule has 0 fully saturated rings. The van der Waals surface area contributed by atoms with Gasteiger partial charge in [-0.1, -0.05) is 0 Å². The molecule has 4 rings (SSSR count). The van der Waals surface area contributed by atoms with Gasteiger partial charge in [-0.25, -0.2) is 4.98 Å². The topological polar surface area (TPSA) is 83.8 Å². The lowest BCUT2D eigenvalue weighted by Crippen LogP contribution is -2.35. The molecule has 3 amide bonds. The second-order valence-electron chi connectivity index (χ2n) is 6.34. The van der Waals surface area contributed by atoms with E-state index in [1.165, 1.54) is 22.3 Å². The van der Waals surface area contributed by atoms with Crippen molar-refractivity contribution in [3.63, 3.8) is 0 Å². The van der Waals surface area contributed by atoms with Gasteiger partial charge < -0.3 is 5.32 Å². The summed E-state index contributed by atoms with van der Waals surface area (Å²) in [7, 11) is 0. The molecule has 0 unspecified atom stereocenters. The number of imide groups is 1. The van der Waals surface area contributed by atoms with Crippen LogP contribution in [0, 0.1) is 0 Å². The lowest BCUT2D eigenvalue weighted by atomic mass is 10.1. The third-order valence-electron chi connectivity index (χ3n) is 4.27. The van der Waals surface area contributed by atoms with E-state index in [2.05, 4.69) is 10.3 Å². The van der Waals surface area contributed by atoms with E-state index in [0.717, 1.165) is 10.7 Å². The quantitative estimate of drug-likeness (QED) is 0.717. The number of fused-ring (bicyclic) bond motifs is 2. The summed E-state index contributed by atoms with van der Waals surface area (Å²) in [6, 6.07) is 4.36. The van der Waals surface area contributed by atoms with Gasteiger partial charge in [-0.15, -0.1) is 11.3 Å². The van der Waals surface area contributed by atoms with Crippen LogP contribution in [-0.4, -0.2) is 38.0 Å². The molecule has 0 radical (unpaired) electrons. The standard InChI is InChI=1S/C18H16N4O3S/c1-10(2)22-16(24)13-4-3-11(7-14(13)17(22)25)15(23)19-8-12-9-21-5-6-26-18(21)20-12/h3-7,9-10H,8H2,1-2H3,(H,19,23). The van der Waals surface area contributed by atoms with Crippen LogP contribution in [0.2, 0.25) is 0 Å². The van der Waals surface area contributed by atoms with Crippen molar-refractivity contribution in [2.24, 2.45) is 0 Å². The van der Waals surface area contributed by atoms with Crippen LogP contribution in [-0.2, 0) is 6.54 Å². The summed E-state index contributed by atoms with van der Waals surface area (Å²) in [5.74, 6) is -0.985. The molecule has 1 aromatic carbocycles. The third-order valence-corrected chi connectivity index (χ3v) is 5.04. The van der Waals surface area contributed by atoms with Crippen molar-refractivity contribution in [2.45, 2.75) is 26.4 Å². The summed E-state index contributed by atoms with van der Waals surface area (Å²) in [5.41, 5.74) is 1.72. The Hall–Kier alpha value is -3.00. The summed E-state index contributed by atoms with van der Waals surface area (Å²) < 4.78 is 1.90. The molecule has 2 aromatic heterocycles. The monoisotopic (exact) mass is 368 g/mol. The van der Waals surface area contributed by atoms with E-state index in [1.807, 2.05) is 22.2 Å². The molecule has 8 heteroatoms. The number of carbonyl (C=O) groups is 3. The maximum Gasteiger partial charge on any atom is 0.261 e. The average Bonchev–Trinajstić information content (AvgIpc) is 3.25. The largest absolute Gasteiger partial charge is 0.346 e. The van der Waals surface area contributed by atoms with Crippen LogP contribution in [0.4, 0.5) is 0 Å². The van der Waals surface area contributed by atoms with Gasteiger partial charge in [-0.3, -0.25) is 23.7 Å². The van der Waals surface area contributed by atoms with Crippen LogP contribution in [0.25, 0.3) is 4.96 Å². The number of carbonyl (C=O) groups excluding carboxylic acids is 3. The van der Waals surface area contributed by atoms with Crippen molar-refractivity contribution < 1.29 is 14.4 Å². The fourth-order valence-electron chi connectivity index (χ4n) is 3.00. The lowest BCUT2D eigenvalue weighted by molar-refractivity contribution is 0.0609. The summed E-state index contributed by atoms with van der Waals surface area (Å²) >= 11 is 1.52. The van der Waals surface area contributed by atoms with E-state index >= 15 is 0 Å². The lowest BCUT2D eigenvalue weighted by Gasteiger charge is -2.17. The average molecular weight is 368 g/mol. The van der Waals surface area contributed by atoms with Gasteiger partial charge in [0.25, 0.3) is 17.7 Å². The van der Waals surface area contributed by atoms with Gasteiger partial charge in [-0.05, 0) is 32.0 Å². The molecule has 3 aromatic rings. The van der Waals surface area contributed by atoms with E-state index < -0.39 is 0 Å². The fourth-order valence-corrected chi connectivity index (χ4v) is 3.72. The summed E-state index contributed by atoms with van der Waals surface area (Å²) in [4.78, 5) is 43.6. The van der Waals surface area contributed by atoms with Gasteiger partial charge in [0.15, 0.2) is 4.96 Å². The highest BCUT2D eigenvalue weighted by Gasteiger charge is 2.37. The second-order valence-corrected chi connectivity index (χ2v) is 7.22. The van der Waals surface area contributed by atoms with Crippen LogP contribution in [0.1, 0.15) is 50.6 Å². The first-order valence-electron chi connectivity index (χ1n) is 8.17. The number of benzene rings is 1. The van der Waals surface area contributed by atoms with Crippen LogP contribution in [0.3, 0.4) is 0 Å². The maximum atomic E-state index is 12.4. The molecule has 26 heavy (non-hydrogen) atoms. The fraction of sp³-hybridized carbons (Fsp3) is 0.222. The van der Waals surface area contributed by atoms with Crippen molar-refractivity contribution in [1.82, 2.24) is 19.6 Å². The smallest absolute Gasteiger partial charge is 0.261 e. The maximum absolute atomic E-state index is 12.4. The number of amides is 3. The third kappa shape index (κ3) is 2.59. The first kappa shape index (κ1) is 16.5. The molecule has 1 aliphatic rings. The van der Waals surface area contributed by atoms with Crippen molar-refractivity contribution in [2.75, 3.05) is 0 Å². The normalized spacial score (nSPS) is 13.7. The predicted molar refractivity (Wildman–Crippen MR) is 96.3 cm³/mol. The van der Waals surface area contributed by atoms with Crippen molar-refractivity contribution in [3.05, 3.63) is 58.4 Å². The minimum absolute atomic E-state index is 0.227. The predicted octanol–water partition coefficient (Wildman–Crippen LogP) is 2.33. The van der Waals surface area contributed by atoms with Crippen molar-refractivity contribution in [3.8, 4) is 0 Å². The van der Waals surface area contributed by atoms with Gasteiger partial charge in [0.05, 0.1) is 23.4 Å². The summed E-state index contributed by atoms with van der Waals surface area (Å²) in [6.07, 6.45) is 3.76. The van der Waals surface area contributed by atoms with Crippen molar-refractivity contribution in [1.29, 1.82) is 0 Å². The van der Waals surface area contributed by atoms with E-state index in [4.69, 9.17) is 0 Å². The number of hydrogen-bond acceptors (Lipinski definition) is 5. The Kier molecular flexibility index (Phi) is 3.84. The first-order valence-corrected chi connectivity index (χ1v) is 9.05. The highest BCUT2D eigenvalue weighted by Crippen LogP contribution is 2.25. The minimum Gasteiger partial charge on any atom is -0.346 e. The number of rotatable bonds is 4. The number of nitrogens with one attached hydrogen (secondary N) is 1. The van der Waals surface area contributed by atoms with E-state index in [0.29, 0.717) is 11.1 Å². The number of aromatic nitrogens is 2. The number of nitrogens with zero attached hydrogens (tertiary/aromatic N) is 3. The zero-order valence-corrected chi connectivity index (χ0v) is 15.0. The molecule has 132 valence electrons. The van der Waals surface area contributed by atoms with Crippen LogP contribution in [0.15, 0.2) is 36.0 Å².